The smallest absolute Gasteiger partial charge is 0.490 e. The molecule has 9 nitrogen and oxygen atoms in total. The van der Waals surface area contributed by atoms with Crippen LogP contribution < -0.4 is 15.8 Å². The van der Waals surface area contributed by atoms with Gasteiger partial charge < -0.3 is 20.9 Å². The molecule has 1 saturated heterocycles. The molecule has 3 aromatic rings. The molecule has 1 aromatic carbocycles. The van der Waals surface area contributed by atoms with Crippen molar-refractivity contribution in [3.63, 3.8) is 0 Å². The van der Waals surface area contributed by atoms with Gasteiger partial charge in [-0.05, 0) is 50.2 Å². The van der Waals surface area contributed by atoms with E-state index in [-0.39, 0.29) is 28.6 Å². The molecular weight excluding hydrogens is 522 g/mol. The van der Waals surface area contributed by atoms with Crippen molar-refractivity contribution in [2.75, 3.05) is 44.3 Å². The third-order valence-corrected chi connectivity index (χ3v) is 5.51. The summed E-state index contributed by atoms with van der Waals surface area (Å²) in [5, 5.41) is 10.6. The summed E-state index contributed by atoms with van der Waals surface area (Å²) in [4.78, 5) is 23.7. The molecule has 0 unspecified atom stereocenters. The average Bonchev–Trinajstić information content (AvgIpc) is 3.35. The van der Waals surface area contributed by atoms with Crippen molar-refractivity contribution >= 4 is 28.8 Å². The van der Waals surface area contributed by atoms with E-state index in [0.29, 0.717) is 24.4 Å². The lowest BCUT2D eigenvalue weighted by Gasteiger charge is -2.19. The molecule has 0 atom stereocenters. The van der Waals surface area contributed by atoms with Gasteiger partial charge in [-0.2, -0.15) is 36.3 Å². The van der Waals surface area contributed by atoms with Crippen molar-refractivity contribution in [3.05, 3.63) is 35.9 Å². The van der Waals surface area contributed by atoms with E-state index in [1.165, 1.54) is 18.2 Å². The first kappa shape index (κ1) is 28.7. The standard InChI is InChI=1S/C21H23F3N6O.C2HF3O2/c1-26-18-13-7-8-15(27-19(13)29-20(25)28-18)17-14(21(22,23)24)5-4-6-16(17)31-12-11-30-9-2-3-10-30;3-2(4,5)1(6)7/h4-8H,2-3,9-12H2,1H3,(H3,25,26,27,28,29);(H,6,7). The van der Waals surface area contributed by atoms with Crippen LogP contribution in [-0.4, -0.2) is 70.4 Å². The molecule has 0 saturated carbocycles. The number of nitrogens with one attached hydrogen (secondary N) is 1. The third-order valence-electron chi connectivity index (χ3n) is 5.51. The number of fused-ring (bicyclic) bond motifs is 1. The van der Waals surface area contributed by atoms with Gasteiger partial charge in [0.1, 0.15) is 18.2 Å². The number of carbonyl (C=O) groups is 1. The minimum absolute atomic E-state index is 0.0207. The second-order valence-electron chi connectivity index (χ2n) is 8.12. The summed E-state index contributed by atoms with van der Waals surface area (Å²) in [6.45, 7) is 2.93. The SMILES string of the molecule is CNc1nc(N)nc2nc(-c3c(OCCN4CCCC4)cccc3C(F)(F)F)ccc12.O=C(O)C(F)(F)F. The first-order chi connectivity index (χ1) is 17.8. The van der Waals surface area contributed by atoms with Gasteiger partial charge in [-0.15, -0.1) is 0 Å². The average molecular weight is 546 g/mol. The van der Waals surface area contributed by atoms with E-state index in [0.717, 1.165) is 32.0 Å². The Morgan fingerprint density at radius 1 is 1.08 bits per heavy atom. The number of benzene rings is 1. The number of halogens is 6. The number of hydrogen-bond acceptors (Lipinski definition) is 8. The highest BCUT2D eigenvalue weighted by Crippen LogP contribution is 2.42. The molecule has 0 bridgehead atoms. The molecule has 0 spiro atoms. The number of hydrogen-bond donors (Lipinski definition) is 3. The van der Waals surface area contributed by atoms with Crippen molar-refractivity contribution < 1.29 is 41.0 Å². The van der Waals surface area contributed by atoms with Gasteiger partial charge in [0.25, 0.3) is 0 Å². The zero-order valence-corrected chi connectivity index (χ0v) is 20.0. The van der Waals surface area contributed by atoms with Gasteiger partial charge in [0.15, 0.2) is 5.65 Å². The number of aromatic nitrogens is 3. The second kappa shape index (κ2) is 11.7. The van der Waals surface area contributed by atoms with Crippen LogP contribution in [0.1, 0.15) is 18.4 Å². The Kier molecular flexibility index (Phi) is 8.81. The van der Waals surface area contributed by atoms with E-state index in [4.69, 9.17) is 20.4 Å². The fourth-order valence-corrected chi connectivity index (χ4v) is 3.80. The van der Waals surface area contributed by atoms with E-state index in [2.05, 4.69) is 25.2 Å². The summed E-state index contributed by atoms with van der Waals surface area (Å²) in [5.41, 5.74) is 5.12. The van der Waals surface area contributed by atoms with Crippen molar-refractivity contribution in [1.29, 1.82) is 0 Å². The summed E-state index contributed by atoms with van der Waals surface area (Å²) in [5.74, 6) is -2.19. The number of aliphatic carboxylic acids is 1. The maximum Gasteiger partial charge on any atom is 0.490 e. The molecule has 3 heterocycles. The van der Waals surface area contributed by atoms with E-state index < -0.39 is 23.9 Å². The molecule has 1 aliphatic heterocycles. The number of rotatable bonds is 6. The summed E-state index contributed by atoms with van der Waals surface area (Å²) >= 11 is 0. The van der Waals surface area contributed by atoms with Gasteiger partial charge in [-0.25, -0.2) is 9.78 Å². The van der Waals surface area contributed by atoms with Crippen LogP contribution in [-0.2, 0) is 11.0 Å². The number of likely N-dealkylation sites (tertiary alicyclic amines) is 1. The summed E-state index contributed by atoms with van der Waals surface area (Å²) in [7, 11) is 1.67. The van der Waals surface area contributed by atoms with Crippen LogP contribution in [0.3, 0.4) is 0 Å². The number of anilines is 2. The minimum Gasteiger partial charge on any atom is -0.492 e. The van der Waals surface area contributed by atoms with Gasteiger partial charge in [-0.1, -0.05) is 6.07 Å². The van der Waals surface area contributed by atoms with Gasteiger partial charge in [0.05, 0.1) is 22.2 Å². The molecule has 0 amide bonds. The monoisotopic (exact) mass is 546 g/mol. The summed E-state index contributed by atoms with van der Waals surface area (Å²) in [6.07, 6.45) is -7.38. The molecule has 15 heteroatoms. The largest absolute Gasteiger partial charge is 0.492 e. The number of ether oxygens (including phenoxy) is 1. The summed E-state index contributed by atoms with van der Waals surface area (Å²) in [6, 6.07) is 7.05. The molecule has 4 N–H and O–H groups in total. The highest BCUT2D eigenvalue weighted by Gasteiger charge is 2.38. The van der Waals surface area contributed by atoms with Crippen molar-refractivity contribution in [2.24, 2.45) is 0 Å². The third kappa shape index (κ3) is 7.12. The first-order valence-corrected chi connectivity index (χ1v) is 11.3. The molecule has 1 aliphatic rings. The Balaban J connectivity index is 0.000000505. The zero-order chi connectivity index (χ0) is 28.1. The number of alkyl halides is 6. The van der Waals surface area contributed by atoms with Gasteiger partial charge >= 0.3 is 18.3 Å². The highest BCUT2D eigenvalue weighted by atomic mass is 19.4. The van der Waals surface area contributed by atoms with Crippen molar-refractivity contribution in [3.8, 4) is 17.0 Å². The predicted molar refractivity (Wildman–Crippen MR) is 127 cm³/mol. The fourth-order valence-electron chi connectivity index (χ4n) is 3.80. The van der Waals surface area contributed by atoms with Crippen LogP contribution in [0.5, 0.6) is 5.75 Å². The maximum absolute atomic E-state index is 13.8. The van der Waals surface area contributed by atoms with Crippen LogP contribution in [0.4, 0.5) is 38.1 Å². The molecule has 1 fully saturated rings. The second-order valence-corrected chi connectivity index (χ2v) is 8.12. The normalized spacial score (nSPS) is 14.2. The van der Waals surface area contributed by atoms with Crippen LogP contribution in [0, 0.1) is 0 Å². The van der Waals surface area contributed by atoms with Crippen LogP contribution in [0.2, 0.25) is 0 Å². The van der Waals surface area contributed by atoms with E-state index in [1.807, 2.05) is 0 Å². The van der Waals surface area contributed by atoms with E-state index in [9.17, 15) is 26.3 Å². The lowest BCUT2D eigenvalue weighted by Crippen LogP contribution is -2.25. The molecule has 0 radical (unpaired) electrons. The number of nitrogen functional groups attached to an aromatic ring is 1. The quantitative estimate of drug-likeness (QED) is 0.385. The van der Waals surface area contributed by atoms with E-state index >= 15 is 0 Å². The molecule has 4 rings (SSSR count). The zero-order valence-electron chi connectivity index (χ0n) is 20.0. The number of carboxylic acids is 1. The Bertz CT molecular complexity index is 1280. The molecular formula is C23H24F6N6O3. The number of nitrogens with zero attached hydrogens (tertiary/aromatic N) is 4. The Morgan fingerprint density at radius 3 is 2.32 bits per heavy atom. The first-order valence-electron chi connectivity index (χ1n) is 11.3. The van der Waals surface area contributed by atoms with Crippen LogP contribution in [0.15, 0.2) is 30.3 Å². The fraction of sp³-hybridized carbons (Fsp3) is 0.391. The topological polar surface area (TPSA) is 126 Å². The lowest BCUT2D eigenvalue weighted by molar-refractivity contribution is -0.192. The highest BCUT2D eigenvalue weighted by molar-refractivity contribution is 5.89. The molecule has 38 heavy (non-hydrogen) atoms. The Morgan fingerprint density at radius 2 is 1.74 bits per heavy atom. The lowest BCUT2D eigenvalue weighted by atomic mass is 10.0. The molecule has 206 valence electrons. The number of pyridine rings is 1. The van der Waals surface area contributed by atoms with Gasteiger partial charge in [0.2, 0.25) is 5.95 Å². The minimum atomic E-state index is -5.08. The van der Waals surface area contributed by atoms with Gasteiger partial charge in [-0.3, -0.25) is 4.90 Å². The number of carboxylic acid groups (broad SMARTS) is 1. The Hall–Kier alpha value is -3.88. The maximum atomic E-state index is 13.8. The van der Waals surface area contributed by atoms with E-state index in [1.54, 1.807) is 13.1 Å². The van der Waals surface area contributed by atoms with Crippen LogP contribution in [0.25, 0.3) is 22.3 Å². The predicted octanol–water partition coefficient (Wildman–Crippen LogP) is 4.44. The van der Waals surface area contributed by atoms with Crippen molar-refractivity contribution in [2.45, 2.75) is 25.2 Å². The molecule has 0 aliphatic carbocycles. The van der Waals surface area contributed by atoms with Crippen LogP contribution >= 0.6 is 0 Å². The Labute approximate surface area is 212 Å². The van der Waals surface area contributed by atoms with Crippen molar-refractivity contribution in [1.82, 2.24) is 19.9 Å². The summed E-state index contributed by atoms with van der Waals surface area (Å²) < 4.78 is 79.0. The number of nitrogens with two attached hydrogens (primary N) is 1. The molecule has 2 aromatic heterocycles. The van der Waals surface area contributed by atoms with Gasteiger partial charge in [0, 0.05) is 13.6 Å².